The molecule has 0 aliphatic rings. The molecule has 0 fully saturated rings. The SMILES string of the molecule is CNCC(C)OCCC(N)=O. The number of hydrogen-bond donors (Lipinski definition) is 2. The molecule has 0 aromatic heterocycles. The summed E-state index contributed by atoms with van der Waals surface area (Å²) in [5.74, 6) is -0.318. The Balaban J connectivity index is 3.16. The Hall–Kier alpha value is -0.610. The van der Waals surface area contributed by atoms with E-state index in [1.807, 2.05) is 14.0 Å². The van der Waals surface area contributed by atoms with Gasteiger partial charge < -0.3 is 15.8 Å². The monoisotopic (exact) mass is 160 g/mol. The van der Waals surface area contributed by atoms with Gasteiger partial charge in [-0.2, -0.15) is 0 Å². The van der Waals surface area contributed by atoms with Crippen LogP contribution in [0.25, 0.3) is 0 Å². The molecule has 0 aliphatic carbocycles. The van der Waals surface area contributed by atoms with Gasteiger partial charge in [-0.25, -0.2) is 0 Å². The third-order valence-electron chi connectivity index (χ3n) is 1.24. The lowest BCUT2D eigenvalue weighted by Gasteiger charge is -2.10. The van der Waals surface area contributed by atoms with Crippen LogP contribution in [0.4, 0.5) is 0 Å². The van der Waals surface area contributed by atoms with Crippen LogP contribution in [0.3, 0.4) is 0 Å². The highest BCUT2D eigenvalue weighted by Gasteiger charge is 2.00. The van der Waals surface area contributed by atoms with Crippen molar-refractivity contribution in [1.82, 2.24) is 5.32 Å². The van der Waals surface area contributed by atoms with Crippen LogP contribution >= 0.6 is 0 Å². The number of carbonyl (C=O) groups excluding carboxylic acids is 1. The molecule has 11 heavy (non-hydrogen) atoms. The fraction of sp³-hybridized carbons (Fsp3) is 0.857. The van der Waals surface area contributed by atoms with E-state index in [1.54, 1.807) is 0 Å². The predicted molar refractivity (Wildman–Crippen MR) is 43.2 cm³/mol. The summed E-state index contributed by atoms with van der Waals surface area (Å²) in [6.45, 7) is 3.15. The molecule has 66 valence electrons. The number of ether oxygens (including phenoxy) is 1. The van der Waals surface area contributed by atoms with E-state index < -0.39 is 0 Å². The maximum absolute atomic E-state index is 10.3. The fourth-order valence-electron chi connectivity index (χ4n) is 0.707. The van der Waals surface area contributed by atoms with Crippen LogP contribution in [0.15, 0.2) is 0 Å². The van der Waals surface area contributed by atoms with Crippen molar-refractivity contribution in [2.75, 3.05) is 20.2 Å². The first-order chi connectivity index (χ1) is 5.16. The Bertz CT molecular complexity index is 117. The van der Waals surface area contributed by atoms with E-state index in [0.29, 0.717) is 13.0 Å². The Labute approximate surface area is 67.1 Å². The summed E-state index contributed by atoms with van der Waals surface area (Å²) in [5.41, 5.74) is 4.92. The molecular formula is C7H16N2O2. The summed E-state index contributed by atoms with van der Waals surface area (Å²) in [6, 6.07) is 0. The first kappa shape index (κ1) is 10.4. The minimum absolute atomic E-state index is 0.138. The summed E-state index contributed by atoms with van der Waals surface area (Å²) in [5, 5.41) is 2.96. The molecule has 1 unspecified atom stereocenters. The smallest absolute Gasteiger partial charge is 0.219 e. The van der Waals surface area contributed by atoms with Gasteiger partial charge in [0.05, 0.1) is 12.7 Å². The van der Waals surface area contributed by atoms with Crippen molar-refractivity contribution in [2.24, 2.45) is 5.73 Å². The maximum atomic E-state index is 10.3. The van der Waals surface area contributed by atoms with Gasteiger partial charge in [0.15, 0.2) is 0 Å². The summed E-state index contributed by atoms with van der Waals surface area (Å²) in [6.07, 6.45) is 0.438. The lowest BCUT2D eigenvalue weighted by atomic mass is 10.4. The summed E-state index contributed by atoms with van der Waals surface area (Å²) in [4.78, 5) is 10.3. The second kappa shape index (κ2) is 6.12. The Kier molecular flexibility index (Phi) is 5.78. The second-order valence-corrected chi connectivity index (χ2v) is 2.46. The molecule has 0 saturated heterocycles. The molecule has 1 atom stereocenters. The Morgan fingerprint density at radius 1 is 1.73 bits per heavy atom. The Morgan fingerprint density at radius 2 is 2.36 bits per heavy atom. The van der Waals surface area contributed by atoms with E-state index in [-0.39, 0.29) is 12.0 Å². The van der Waals surface area contributed by atoms with Crippen molar-refractivity contribution < 1.29 is 9.53 Å². The molecule has 0 aromatic carbocycles. The van der Waals surface area contributed by atoms with E-state index >= 15 is 0 Å². The molecule has 0 heterocycles. The maximum Gasteiger partial charge on any atom is 0.219 e. The normalized spacial score (nSPS) is 12.9. The molecule has 0 aromatic rings. The number of nitrogens with two attached hydrogens (primary N) is 1. The van der Waals surface area contributed by atoms with Crippen molar-refractivity contribution in [1.29, 1.82) is 0 Å². The number of primary amides is 1. The fourth-order valence-corrected chi connectivity index (χ4v) is 0.707. The lowest BCUT2D eigenvalue weighted by molar-refractivity contribution is -0.119. The average Bonchev–Trinajstić information content (AvgIpc) is 1.87. The highest BCUT2D eigenvalue weighted by molar-refractivity contribution is 5.73. The molecule has 0 radical (unpaired) electrons. The van der Waals surface area contributed by atoms with Crippen molar-refractivity contribution in [2.45, 2.75) is 19.4 Å². The van der Waals surface area contributed by atoms with Crippen LogP contribution in [-0.2, 0) is 9.53 Å². The number of carbonyl (C=O) groups is 1. The van der Waals surface area contributed by atoms with E-state index in [9.17, 15) is 4.79 Å². The summed E-state index contributed by atoms with van der Waals surface area (Å²) in [7, 11) is 1.86. The zero-order valence-electron chi connectivity index (χ0n) is 7.09. The molecule has 0 spiro atoms. The third-order valence-corrected chi connectivity index (χ3v) is 1.24. The van der Waals surface area contributed by atoms with Crippen LogP contribution in [-0.4, -0.2) is 32.2 Å². The largest absolute Gasteiger partial charge is 0.377 e. The van der Waals surface area contributed by atoms with Gasteiger partial charge in [-0.3, -0.25) is 4.79 Å². The van der Waals surface area contributed by atoms with Gasteiger partial charge in [-0.15, -0.1) is 0 Å². The van der Waals surface area contributed by atoms with E-state index in [2.05, 4.69) is 5.32 Å². The van der Waals surface area contributed by atoms with Gasteiger partial charge in [0.2, 0.25) is 5.91 Å². The minimum atomic E-state index is -0.318. The summed E-state index contributed by atoms with van der Waals surface area (Å²) < 4.78 is 5.23. The van der Waals surface area contributed by atoms with Crippen LogP contribution < -0.4 is 11.1 Å². The number of rotatable bonds is 6. The Morgan fingerprint density at radius 3 is 2.82 bits per heavy atom. The highest BCUT2D eigenvalue weighted by atomic mass is 16.5. The van der Waals surface area contributed by atoms with E-state index in [1.165, 1.54) is 0 Å². The van der Waals surface area contributed by atoms with Crippen LogP contribution in [0.2, 0.25) is 0 Å². The van der Waals surface area contributed by atoms with Gasteiger partial charge in [-0.1, -0.05) is 0 Å². The average molecular weight is 160 g/mol. The molecule has 4 nitrogen and oxygen atoms in total. The molecule has 0 aliphatic heterocycles. The third kappa shape index (κ3) is 7.29. The number of hydrogen-bond acceptors (Lipinski definition) is 3. The van der Waals surface area contributed by atoms with Crippen LogP contribution in [0, 0.1) is 0 Å². The first-order valence-electron chi connectivity index (χ1n) is 3.71. The predicted octanol–water partition coefficient (Wildman–Crippen LogP) is -0.514. The number of nitrogens with one attached hydrogen (secondary N) is 1. The topological polar surface area (TPSA) is 64.3 Å². The molecule has 0 rings (SSSR count). The zero-order valence-corrected chi connectivity index (χ0v) is 7.09. The molecule has 1 amide bonds. The molecule has 0 bridgehead atoms. The van der Waals surface area contributed by atoms with Crippen LogP contribution in [0.1, 0.15) is 13.3 Å². The highest BCUT2D eigenvalue weighted by Crippen LogP contribution is 1.89. The summed E-state index contributed by atoms with van der Waals surface area (Å²) >= 11 is 0. The number of likely N-dealkylation sites (N-methyl/N-ethyl adjacent to an activating group) is 1. The van der Waals surface area contributed by atoms with Gasteiger partial charge in [0.25, 0.3) is 0 Å². The zero-order chi connectivity index (χ0) is 8.69. The van der Waals surface area contributed by atoms with E-state index in [0.717, 1.165) is 6.54 Å². The van der Waals surface area contributed by atoms with Crippen molar-refractivity contribution in [3.8, 4) is 0 Å². The van der Waals surface area contributed by atoms with Gasteiger partial charge in [-0.05, 0) is 14.0 Å². The second-order valence-electron chi connectivity index (χ2n) is 2.46. The van der Waals surface area contributed by atoms with Gasteiger partial charge >= 0.3 is 0 Å². The standard InChI is InChI=1S/C7H16N2O2/c1-6(5-9-2)11-4-3-7(8)10/h6,9H,3-5H2,1-2H3,(H2,8,10). The van der Waals surface area contributed by atoms with Crippen LogP contribution in [0.5, 0.6) is 0 Å². The molecular weight excluding hydrogens is 144 g/mol. The van der Waals surface area contributed by atoms with Crippen molar-refractivity contribution in [3.05, 3.63) is 0 Å². The molecule has 4 heteroatoms. The molecule has 0 saturated carbocycles. The van der Waals surface area contributed by atoms with E-state index in [4.69, 9.17) is 10.5 Å². The van der Waals surface area contributed by atoms with Crippen molar-refractivity contribution in [3.63, 3.8) is 0 Å². The van der Waals surface area contributed by atoms with Gasteiger partial charge in [0, 0.05) is 13.0 Å². The minimum Gasteiger partial charge on any atom is -0.377 e. The quantitative estimate of drug-likeness (QED) is 0.550. The first-order valence-corrected chi connectivity index (χ1v) is 3.71. The van der Waals surface area contributed by atoms with Gasteiger partial charge in [0.1, 0.15) is 0 Å². The molecule has 3 N–H and O–H groups in total. The number of amides is 1. The lowest BCUT2D eigenvalue weighted by Crippen LogP contribution is -2.25. The van der Waals surface area contributed by atoms with Crippen molar-refractivity contribution >= 4 is 5.91 Å².